The summed E-state index contributed by atoms with van der Waals surface area (Å²) in [5.41, 5.74) is 9.45. The van der Waals surface area contributed by atoms with Crippen molar-refractivity contribution in [3.63, 3.8) is 0 Å². The van der Waals surface area contributed by atoms with Crippen LogP contribution in [0.2, 0.25) is 0 Å². The normalized spacial score (nSPS) is 20.8. The Balaban J connectivity index is 1.61. The Morgan fingerprint density at radius 2 is 2.00 bits per heavy atom. The smallest absolute Gasteiger partial charge is 0.315 e. The minimum atomic E-state index is -0.339. The zero-order valence-electron chi connectivity index (χ0n) is 14.5. The van der Waals surface area contributed by atoms with Gasteiger partial charge in [-0.1, -0.05) is 48.6 Å². The molecule has 0 spiro atoms. The molecular formula is C22H21N3O. The number of benzene rings is 2. The summed E-state index contributed by atoms with van der Waals surface area (Å²) in [6, 6.07) is 8.55. The number of amides is 2. The molecule has 2 aliphatic carbocycles. The molecule has 1 saturated heterocycles. The number of nitrogens with one attached hydrogen (secondary N) is 1. The molecule has 3 aliphatic rings. The van der Waals surface area contributed by atoms with E-state index in [0.717, 1.165) is 19.5 Å². The highest BCUT2D eigenvalue weighted by atomic mass is 16.2. The summed E-state index contributed by atoms with van der Waals surface area (Å²) in [6.45, 7) is 2.21. The van der Waals surface area contributed by atoms with Gasteiger partial charge in [0.2, 0.25) is 0 Å². The lowest BCUT2D eigenvalue weighted by molar-refractivity contribution is 0.180. The highest BCUT2D eigenvalue weighted by Gasteiger charge is 2.28. The summed E-state index contributed by atoms with van der Waals surface area (Å²) in [5, 5.41) is 8.55. The molecule has 130 valence electrons. The number of piperazine rings is 1. The molecular weight excluding hydrogens is 322 g/mol. The first kappa shape index (κ1) is 15.4. The van der Waals surface area contributed by atoms with E-state index in [1.807, 2.05) is 0 Å². The van der Waals surface area contributed by atoms with E-state index in [1.54, 1.807) is 4.90 Å². The number of carbonyl (C=O) groups is 1. The topological polar surface area (TPSA) is 58.4 Å². The molecule has 1 unspecified atom stereocenters. The van der Waals surface area contributed by atoms with Crippen LogP contribution in [0.15, 0.2) is 42.0 Å². The van der Waals surface area contributed by atoms with Crippen LogP contribution in [0.3, 0.4) is 0 Å². The van der Waals surface area contributed by atoms with Gasteiger partial charge in [-0.15, -0.1) is 0 Å². The summed E-state index contributed by atoms with van der Waals surface area (Å²) in [7, 11) is 0. The van der Waals surface area contributed by atoms with Crippen molar-refractivity contribution in [1.82, 2.24) is 10.2 Å². The quantitative estimate of drug-likeness (QED) is 0.819. The molecule has 1 atom stereocenters. The molecule has 1 fully saturated rings. The summed E-state index contributed by atoms with van der Waals surface area (Å²) in [5.74, 6) is 0. The fourth-order valence-corrected chi connectivity index (χ4v) is 4.42. The maximum absolute atomic E-state index is 11.8. The van der Waals surface area contributed by atoms with Crippen LogP contribution in [0.5, 0.6) is 0 Å². The minimum absolute atomic E-state index is 0.0163. The van der Waals surface area contributed by atoms with Crippen LogP contribution in [0, 0.1) is 0 Å². The number of hydrogen-bond donors (Lipinski definition) is 2. The Bertz CT molecular complexity index is 1110. The maximum Gasteiger partial charge on any atom is 0.315 e. The predicted octanol–water partition coefficient (Wildman–Crippen LogP) is 1.26. The third-order valence-corrected chi connectivity index (χ3v) is 5.74. The van der Waals surface area contributed by atoms with Crippen LogP contribution in [0.25, 0.3) is 29.0 Å². The number of urea groups is 1. The summed E-state index contributed by atoms with van der Waals surface area (Å²) >= 11 is 0. The van der Waals surface area contributed by atoms with Crippen molar-refractivity contribution < 1.29 is 4.79 Å². The van der Waals surface area contributed by atoms with Gasteiger partial charge in [0, 0.05) is 19.6 Å². The lowest BCUT2D eigenvalue weighted by Gasteiger charge is -2.36. The molecule has 0 saturated carbocycles. The van der Waals surface area contributed by atoms with E-state index in [0.29, 0.717) is 6.54 Å². The molecule has 0 bridgehead atoms. The third-order valence-electron chi connectivity index (χ3n) is 5.74. The van der Waals surface area contributed by atoms with Crippen molar-refractivity contribution in [2.75, 3.05) is 19.6 Å². The third kappa shape index (κ3) is 2.30. The first-order valence-corrected chi connectivity index (χ1v) is 9.14. The largest absolute Gasteiger partial charge is 0.351 e. The maximum atomic E-state index is 11.8. The predicted molar refractivity (Wildman–Crippen MR) is 106 cm³/mol. The van der Waals surface area contributed by atoms with Gasteiger partial charge in [-0.2, -0.15) is 0 Å². The SMILES string of the molecule is NC(=O)N1CCNCC1C1=CCc2c(ccc3c4c(ccc23)=CC=C4)=C1. The lowest BCUT2D eigenvalue weighted by atomic mass is 9.89. The molecule has 0 radical (unpaired) electrons. The first-order chi connectivity index (χ1) is 12.7. The Morgan fingerprint density at radius 3 is 2.88 bits per heavy atom. The van der Waals surface area contributed by atoms with Gasteiger partial charge in [-0.3, -0.25) is 0 Å². The summed E-state index contributed by atoms with van der Waals surface area (Å²) < 4.78 is 0. The Kier molecular flexibility index (Phi) is 3.47. The molecule has 4 nitrogen and oxygen atoms in total. The minimum Gasteiger partial charge on any atom is -0.351 e. The molecule has 26 heavy (non-hydrogen) atoms. The van der Waals surface area contributed by atoms with Crippen LogP contribution in [0.4, 0.5) is 4.79 Å². The average Bonchev–Trinajstić information content (AvgIpc) is 3.16. The van der Waals surface area contributed by atoms with Crippen molar-refractivity contribution in [3.8, 4) is 0 Å². The second-order valence-electron chi connectivity index (χ2n) is 7.13. The molecule has 1 heterocycles. The summed E-state index contributed by atoms with van der Waals surface area (Å²) in [6.07, 6.45) is 11.8. The van der Waals surface area contributed by atoms with Crippen molar-refractivity contribution in [3.05, 3.63) is 63.6 Å². The van der Waals surface area contributed by atoms with E-state index >= 15 is 0 Å². The number of nitrogens with zero attached hydrogens (tertiary/aromatic N) is 1. The number of fused-ring (bicyclic) bond motifs is 5. The van der Waals surface area contributed by atoms with Crippen LogP contribution < -0.4 is 21.5 Å². The second kappa shape index (κ2) is 5.85. The molecule has 3 N–H and O–H groups in total. The van der Waals surface area contributed by atoms with Crippen molar-refractivity contribution in [1.29, 1.82) is 0 Å². The molecule has 4 heteroatoms. The second-order valence-corrected chi connectivity index (χ2v) is 7.13. The monoisotopic (exact) mass is 343 g/mol. The molecule has 1 aliphatic heterocycles. The van der Waals surface area contributed by atoms with Crippen molar-refractivity contribution >= 4 is 35.0 Å². The average molecular weight is 343 g/mol. The van der Waals surface area contributed by atoms with Crippen molar-refractivity contribution in [2.45, 2.75) is 12.5 Å². The van der Waals surface area contributed by atoms with Crippen molar-refractivity contribution in [2.24, 2.45) is 5.73 Å². The van der Waals surface area contributed by atoms with E-state index in [4.69, 9.17) is 5.73 Å². The Morgan fingerprint density at radius 1 is 1.15 bits per heavy atom. The molecule has 5 rings (SSSR count). The summed E-state index contributed by atoms with van der Waals surface area (Å²) in [4.78, 5) is 13.6. The lowest BCUT2D eigenvalue weighted by Crippen LogP contribution is -2.56. The van der Waals surface area contributed by atoms with Gasteiger partial charge in [0.25, 0.3) is 0 Å². The highest BCUT2D eigenvalue weighted by Crippen LogP contribution is 2.25. The molecule has 2 aromatic carbocycles. The van der Waals surface area contributed by atoms with Gasteiger partial charge in [0.05, 0.1) is 6.04 Å². The molecule has 0 aromatic heterocycles. The van der Waals surface area contributed by atoms with Crippen LogP contribution in [-0.2, 0) is 6.42 Å². The van der Waals surface area contributed by atoms with E-state index in [2.05, 4.69) is 60.0 Å². The first-order valence-electron chi connectivity index (χ1n) is 9.14. The Labute approximate surface area is 152 Å². The molecule has 2 amide bonds. The molecule has 2 aromatic rings. The van der Waals surface area contributed by atoms with Crippen LogP contribution >= 0.6 is 0 Å². The zero-order valence-corrected chi connectivity index (χ0v) is 14.5. The van der Waals surface area contributed by atoms with E-state index in [-0.39, 0.29) is 12.1 Å². The number of carbonyl (C=O) groups excluding carboxylic acids is 1. The van der Waals surface area contributed by atoms with Gasteiger partial charge < -0.3 is 16.0 Å². The number of primary amides is 1. The van der Waals surface area contributed by atoms with Crippen LogP contribution in [-0.4, -0.2) is 36.6 Å². The number of allylic oxidation sites excluding steroid dienone is 2. The van der Waals surface area contributed by atoms with Crippen LogP contribution in [0.1, 0.15) is 11.1 Å². The van der Waals surface area contributed by atoms with Gasteiger partial charge >= 0.3 is 6.03 Å². The number of rotatable bonds is 1. The zero-order chi connectivity index (χ0) is 17.7. The van der Waals surface area contributed by atoms with E-state index in [1.165, 1.54) is 37.9 Å². The fourth-order valence-electron chi connectivity index (χ4n) is 4.42. The van der Waals surface area contributed by atoms with Gasteiger partial charge in [-0.25, -0.2) is 4.79 Å². The van der Waals surface area contributed by atoms with Gasteiger partial charge in [0.1, 0.15) is 0 Å². The van der Waals surface area contributed by atoms with Gasteiger partial charge in [-0.05, 0) is 50.4 Å². The Hall–Kier alpha value is -2.85. The number of hydrogen-bond acceptors (Lipinski definition) is 2. The highest BCUT2D eigenvalue weighted by molar-refractivity contribution is 5.96. The fraction of sp³-hybridized carbons (Fsp3) is 0.227. The van der Waals surface area contributed by atoms with E-state index < -0.39 is 0 Å². The van der Waals surface area contributed by atoms with E-state index in [9.17, 15) is 4.79 Å². The van der Waals surface area contributed by atoms with Gasteiger partial charge in [0.15, 0.2) is 0 Å². The number of nitrogens with two attached hydrogens (primary N) is 1. The standard InChI is InChI=1S/C22H21N3O/c23-22(26)25-11-10-24-13-21(25)16-6-7-18-15(12-16)5-9-19-17-3-1-2-14(17)4-8-20(18)19/h1-6,8-9,12,21,24H,7,10-11,13H2,(H2,23,26).